The molecule has 0 aliphatic heterocycles. The van der Waals surface area contributed by atoms with E-state index in [1.54, 1.807) is 12.1 Å². The van der Waals surface area contributed by atoms with E-state index in [0.29, 0.717) is 51.5 Å². The highest BCUT2D eigenvalue weighted by Gasteiger charge is 2.22. The van der Waals surface area contributed by atoms with Crippen LogP contribution in [0, 0.1) is 17.1 Å². The molecule has 5 rings (SSSR count). The van der Waals surface area contributed by atoms with Crippen molar-refractivity contribution in [3.8, 4) is 6.07 Å². The van der Waals surface area contributed by atoms with Crippen LogP contribution in [0.4, 0.5) is 21.5 Å². The molecule has 0 bridgehead atoms. The van der Waals surface area contributed by atoms with E-state index in [-0.39, 0.29) is 5.02 Å². The molecule has 196 valence electrons. The van der Waals surface area contributed by atoms with Crippen molar-refractivity contribution in [2.75, 3.05) is 17.2 Å². The maximum absolute atomic E-state index is 13.7. The van der Waals surface area contributed by atoms with Crippen molar-refractivity contribution in [1.29, 1.82) is 5.26 Å². The topological polar surface area (TPSA) is 103 Å². The fourth-order valence-corrected chi connectivity index (χ4v) is 5.35. The number of nitrogens with one attached hydrogen (secondary N) is 3. The average molecular weight is 553 g/mol. The maximum Gasteiger partial charge on any atom is 0.141 e. The number of benzene rings is 2. The van der Waals surface area contributed by atoms with Crippen LogP contribution in [-0.2, 0) is 6.54 Å². The van der Waals surface area contributed by atoms with Gasteiger partial charge in [-0.2, -0.15) is 5.26 Å². The van der Waals surface area contributed by atoms with Crippen molar-refractivity contribution in [3.63, 3.8) is 0 Å². The standard InChI is InChI=1S/C27H27Cl2FN8/c1-2-32-17-3-6-21(7-4-17)38-15-20(36-37-38)14-33-19-9-22-26(35-18-5-8-25(30)23(28)10-18)16(12-31)13-34-27(22)24(29)11-19/h5,8-11,13,15,17,21,32-33H,2-4,6-7,14H2,1H3,(H,34,35). The Balaban J connectivity index is 1.35. The number of hydrogen-bond donors (Lipinski definition) is 3. The molecule has 0 saturated heterocycles. The van der Waals surface area contributed by atoms with E-state index in [1.807, 2.05) is 16.9 Å². The summed E-state index contributed by atoms with van der Waals surface area (Å²) in [6.45, 7) is 3.60. The number of nitrogens with zero attached hydrogens (tertiary/aromatic N) is 5. The first-order valence-corrected chi connectivity index (χ1v) is 13.3. The van der Waals surface area contributed by atoms with Gasteiger partial charge in [0, 0.05) is 29.0 Å². The Morgan fingerprint density at radius 3 is 2.63 bits per heavy atom. The Kier molecular flexibility index (Phi) is 7.93. The number of aromatic nitrogens is 4. The molecule has 2 aromatic carbocycles. The van der Waals surface area contributed by atoms with Crippen LogP contribution in [0.25, 0.3) is 10.9 Å². The maximum atomic E-state index is 13.7. The van der Waals surface area contributed by atoms with Crippen molar-refractivity contribution in [2.24, 2.45) is 0 Å². The van der Waals surface area contributed by atoms with Gasteiger partial charge in [-0.3, -0.25) is 4.98 Å². The third-order valence-electron chi connectivity index (χ3n) is 6.83. The van der Waals surface area contributed by atoms with Crippen LogP contribution in [0.1, 0.15) is 49.9 Å². The summed E-state index contributed by atoms with van der Waals surface area (Å²) in [4.78, 5) is 4.38. The third kappa shape index (κ3) is 5.68. The van der Waals surface area contributed by atoms with Crippen LogP contribution in [0.3, 0.4) is 0 Å². The van der Waals surface area contributed by atoms with E-state index in [0.717, 1.165) is 43.6 Å². The Hall–Kier alpha value is -3.45. The minimum atomic E-state index is -0.523. The lowest BCUT2D eigenvalue weighted by Crippen LogP contribution is -2.33. The highest BCUT2D eigenvalue weighted by atomic mass is 35.5. The Morgan fingerprint density at radius 2 is 1.89 bits per heavy atom. The fraction of sp³-hybridized carbons (Fsp3) is 0.333. The fourth-order valence-electron chi connectivity index (χ4n) is 4.90. The predicted molar refractivity (Wildman–Crippen MR) is 148 cm³/mol. The number of nitriles is 1. The van der Waals surface area contributed by atoms with Gasteiger partial charge in [-0.05, 0) is 62.6 Å². The second kappa shape index (κ2) is 11.5. The molecule has 3 N–H and O–H groups in total. The molecular weight excluding hydrogens is 526 g/mol. The number of halogens is 3. The highest BCUT2D eigenvalue weighted by molar-refractivity contribution is 6.36. The summed E-state index contributed by atoms with van der Waals surface area (Å²) in [5.74, 6) is -0.523. The van der Waals surface area contributed by atoms with Crippen molar-refractivity contribution in [3.05, 3.63) is 69.8 Å². The first kappa shape index (κ1) is 26.2. The number of rotatable bonds is 8. The molecule has 1 aliphatic carbocycles. The molecule has 38 heavy (non-hydrogen) atoms. The summed E-state index contributed by atoms with van der Waals surface area (Å²) in [5.41, 5.74) is 3.44. The van der Waals surface area contributed by atoms with Gasteiger partial charge in [-0.15, -0.1) is 5.10 Å². The SMILES string of the molecule is CCNC1CCC(n2cc(CNc3cc(Cl)c4ncc(C#N)c(Nc5ccc(F)c(Cl)c5)c4c3)nn2)CC1. The molecule has 0 spiro atoms. The van der Waals surface area contributed by atoms with Gasteiger partial charge in [-0.25, -0.2) is 9.07 Å². The van der Waals surface area contributed by atoms with Crippen molar-refractivity contribution >= 4 is 51.2 Å². The average Bonchev–Trinajstić information content (AvgIpc) is 3.40. The summed E-state index contributed by atoms with van der Waals surface area (Å²) in [5, 5.41) is 29.6. The van der Waals surface area contributed by atoms with E-state index >= 15 is 0 Å². The van der Waals surface area contributed by atoms with Crippen molar-refractivity contribution in [1.82, 2.24) is 25.3 Å². The minimum Gasteiger partial charge on any atom is -0.379 e. The molecule has 0 amide bonds. The van der Waals surface area contributed by atoms with Gasteiger partial charge in [0.1, 0.15) is 17.6 Å². The van der Waals surface area contributed by atoms with Gasteiger partial charge >= 0.3 is 0 Å². The van der Waals surface area contributed by atoms with Crippen molar-refractivity contribution in [2.45, 2.75) is 51.2 Å². The smallest absolute Gasteiger partial charge is 0.141 e. The lowest BCUT2D eigenvalue weighted by atomic mass is 9.91. The van der Waals surface area contributed by atoms with Gasteiger partial charge in [-0.1, -0.05) is 35.3 Å². The zero-order chi connectivity index (χ0) is 26.6. The highest BCUT2D eigenvalue weighted by Crippen LogP contribution is 2.35. The normalized spacial score (nSPS) is 17.3. The predicted octanol–water partition coefficient (Wildman–Crippen LogP) is 6.59. The number of anilines is 3. The second-order valence-corrected chi connectivity index (χ2v) is 10.2. The molecule has 0 unspecified atom stereocenters. The zero-order valence-corrected chi connectivity index (χ0v) is 22.3. The largest absolute Gasteiger partial charge is 0.379 e. The molecule has 1 fully saturated rings. The quantitative estimate of drug-likeness (QED) is 0.226. The monoisotopic (exact) mass is 552 g/mol. The van der Waals surface area contributed by atoms with Gasteiger partial charge in [0.15, 0.2) is 0 Å². The van der Waals surface area contributed by atoms with Gasteiger partial charge in [0.25, 0.3) is 0 Å². The van der Waals surface area contributed by atoms with Crippen LogP contribution in [0.5, 0.6) is 0 Å². The van der Waals surface area contributed by atoms with Gasteiger partial charge in [0.05, 0.1) is 45.6 Å². The lowest BCUT2D eigenvalue weighted by Gasteiger charge is -2.28. The first-order valence-electron chi connectivity index (χ1n) is 12.6. The molecule has 2 heterocycles. The van der Waals surface area contributed by atoms with E-state index in [2.05, 4.69) is 44.2 Å². The van der Waals surface area contributed by atoms with Gasteiger partial charge < -0.3 is 16.0 Å². The molecular formula is C27H27Cl2FN8. The Bertz CT molecular complexity index is 1490. The number of fused-ring (bicyclic) bond motifs is 1. The number of hydrogen-bond acceptors (Lipinski definition) is 7. The molecule has 0 radical (unpaired) electrons. The molecule has 4 aromatic rings. The molecule has 1 saturated carbocycles. The molecule has 11 heteroatoms. The van der Waals surface area contributed by atoms with E-state index in [4.69, 9.17) is 23.2 Å². The summed E-state index contributed by atoms with van der Waals surface area (Å²) in [6, 6.07) is 11.0. The summed E-state index contributed by atoms with van der Waals surface area (Å²) < 4.78 is 15.6. The molecule has 0 atom stereocenters. The molecule has 2 aromatic heterocycles. The van der Waals surface area contributed by atoms with E-state index in [1.165, 1.54) is 18.3 Å². The van der Waals surface area contributed by atoms with Crippen LogP contribution in [0.2, 0.25) is 10.0 Å². The van der Waals surface area contributed by atoms with E-state index in [9.17, 15) is 9.65 Å². The minimum absolute atomic E-state index is 0.0222. The Labute approximate surface area is 230 Å². The summed E-state index contributed by atoms with van der Waals surface area (Å²) in [6.07, 6.45) is 7.89. The lowest BCUT2D eigenvalue weighted by molar-refractivity contribution is 0.275. The molecule has 1 aliphatic rings. The second-order valence-electron chi connectivity index (χ2n) is 9.37. The summed E-state index contributed by atoms with van der Waals surface area (Å²) >= 11 is 12.5. The third-order valence-corrected chi connectivity index (χ3v) is 7.41. The summed E-state index contributed by atoms with van der Waals surface area (Å²) in [7, 11) is 0. The first-order chi connectivity index (χ1) is 18.4. The van der Waals surface area contributed by atoms with E-state index < -0.39 is 5.82 Å². The Morgan fingerprint density at radius 1 is 1.11 bits per heavy atom. The molecule has 8 nitrogen and oxygen atoms in total. The zero-order valence-electron chi connectivity index (χ0n) is 20.8. The van der Waals surface area contributed by atoms with Crippen LogP contribution < -0.4 is 16.0 Å². The van der Waals surface area contributed by atoms with Crippen LogP contribution in [0.15, 0.2) is 42.7 Å². The van der Waals surface area contributed by atoms with Gasteiger partial charge in [0.2, 0.25) is 0 Å². The number of pyridine rings is 1. The van der Waals surface area contributed by atoms with Crippen molar-refractivity contribution < 1.29 is 4.39 Å². The van der Waals surface area contributed by atoms with Crippen LogP contribution >= 0.6 is 23.2 Å². The van der Waals surface area contributed by atoms with Crippen LogP contribution in [-0.4, -0.2) is 32.6 Å².